The summed E-state index contributed by atoms with van der Waals surface area (Å²) in [5, 5.41) is 0.0879. The number of carbonyl (C=O) groups excluding carboxylic acids is 2. The lowest BCUT2D eigenvalue weighted by molar-refractivity contribution is 0.0257. The zero-order valence-corrected chi connectivity index (χ0v) is 21.9. The number of pyridine rings is 1. The van der Waals surface area contributed by atoms with Crippen LogP contribution in [-0.4, -0.2) is 45.9 Å². The van der Waals surface area contributed by atoms with E-state index in [1.807, 2.05) is 30.3 Å². The molecule has 1 spiro atoms. The maximum absolute atomic E-state index is 14.1. The molecule has 1 aliphatic heterocycles. The number of ether oxygens (including phenoxy) is 3. The van der Waals surface area contributed by atoms with Crippen molar-refractivity contribution in [2.24, 2.45) is 5.92 Å². The van der Waals surface area contributed by atoms with Crippen LogP contribution in [-0.2, 0) is 13.0 Å². The first-order valence-corrected chi connectivity index (χ1v) is 12.5. The predicted octanol–water partition coefficient (Wildman–Crippen LogP) is 3.19. The van der Waals surface area contributed by atoms with Crippen LogP contribution >= 0.6 is 11.6 Å². The molecule has 2 atom stereocenters. The highest BCUT2D eigenvalue weighted by molar-refractivity contribution is 6.36. The van der Waals surface area contributed by atoms with Gasteiger partial charge in [-0.3, -0.25) is 23.9 Å². The Balaban J connectivity index is 1.52. The zero-order chi connectivity index (χ0) is 27.6. The standard InChI is InChI=1S/C28H22ClN3O7/c1-13-9-17-15(10-16-25(30-17)32(27(36)31-26(16)35)12-14-7-5-4-6-8-14)23(33)28(13)24(34)20-18(37-2)11-19(38-3)21(29)22(20)39-28/h4-8,10-11,13H,9,12H2,1-3H3,(H,31,35,36). The van der Waals surface area contributed by atoms with Gasteiger partial charge in [0, 0.05) is 17.5 Å². The first-order chi connectivity index (χ1) is 18.7. The summed E-state index contributed by atoms with van der Waals surface area (Å²) in [5.74, 6) is -1.51. The number of nitrogens with zero attached hydrogens (tertiary/aromatic N) is 2. The molecule has 0 bridgehead atoms. The zero-order valence-electron chi connectivity index (χ0n) is 21.2. The number of ketones is 2. The summed E-state index contributed by atoms with van der Waals surface area (Å²) in [6, 6.07) is 12.1. The summed E-state index contributed by atoms with van der Waals surface area (Å²) >= 11 is 6.49. The topological polar surface area (TPSA) is 130 Å². The van der Waals surface area contributed by atoms with Gasteiger partial charge in [-0.2, -0.15) is 0 Å². The number of aromatic amines is 1. The molecule has 39 heavy (non-hydrogen) atoms. The van der Waals surface area contributed by atoms with E-state index in [2.05, 4.69) is 9.97 Å². The van der Waals surface area contributed by atoms with Crippen molar-refractivity contribution in [3.05, 3.63) is 90.7 Å². The summed E-state index contributed by atoms with van der Waals surface area (Å²) in [4.78, 5) is 60.6. The second kappa shape index (κ2) is 8.81. The van der Waals surface area contributed by atoms with Crippen molar-refractivity contribution in [3.8, 4) is 17.2 Å². The Bertz CT molecular complexity index is 1830. The first kappa shape index (κ1) is 24.9. The van der Waals surface area contributed by atoms with Gasteiger partial charge in [-0.15, -0.1) is 0 Å². The molecule has 2 aliphatic rings. The minimum atomic E-state index is -1.93. The number of rotatable bonds is 4. The molecule has 1 aliphatic carbocycles. The fourth-order valence-electron chi connectivity index (χ4n) is 5.44. The molecule has 198 valence electrons. The third-order valence-corrected chi connectivity index (χ3v) is 7.78. The molecule has 11 heteroatoms. The number of fused-ring (bicyclic) bond motifs is 3. The smallest absolute Gasteiger partial charge is 0.330 e. The molecule has 4 aromatic rings. The van der Waals surface area contributed by atoms with E-state index in [-0.39, 0.29) is 57.4 Å². The Morgan fingerprint density at radius 3 is 2.49 bits per heavy atom. The molecule has 0 saturated carbocycles. The van der Waals surface area contributed by atoms with Crippen LogP contribution in [0.15, 0.2) is 52.1 Å². The lowest BCUT2D eigenvalue weighted by Crippen LogP contribution is -2.57. The molecule has 10 nitrogen and oxygen atoms in total. The van der Waals surface area contributed by atoms with Gasteiger partial charge in [0.25, 0.3) is 5.56 Å². The van der Waals surface area contributed by atoms with E-state index in [0.717, 1.165) is 5.56 Å². The van der Waals surface area contributed by atoms with Crippen LogP contribution in [0.5, 0.6) is 17.2 Å². The molecule has 2 aromatic carbocycles. The van der Waals surface area contributed by atoms with Gasteiger partial charge in [-0.05, 0) is 18.1 Å². The highest BCUT2D eigenvalue weighted by Gasteiger charge is 2.62. The van der Waals surface area contributed by atoms with E-state index in [4.69, 9.17) is 25.8 Å². The van der Waals surface area contributed by atoms with E-state index in [1.54, 1.807) is 6.92 Å². The number of hydrogen-bond donors (Lipinski definition) is 1. The van der Waals surface area contributed by atoms with Gasteiger partial charge in [0.15, 0.2) is 5.75 Å². The summed E-state index contributed by atoms with van der Waals surface area (Å²) < 4.78 is 18.2. The van der Waals surface area contributed by atoms with Crippen molar-refractivity contribution in [3.63, 3.8) is 0 Å². The molecule has 0 radical (unpaired) electrons. The van der Waals surface area contributed by atoms with Crippen molar-refractivity contribution in [2.45, 2.75) is 25.5 Å². The van der Waals surface area contributed by atoms with Crippen LogP contribution in [0.2, 0.25) is 5.02 Å². The van der Waals surface area contributed by atoms with Gasteiger partial charge in [0.2, 0.25) is 17.2 Å². The number of halogens is 1. The maximum atomic E-state index is 14.1. The van der Waals surface area contributed by atoms with Gasteiger partial charge in [-0.25, -0.2) is 9.78 Å². The van der Waals surface area contributed by atoms with Gasteiger partial charge >= 0.3 is 5.69 Å². The quantitative estimate of drug-likeness (QED) is 0.386. The fraction of sp³-hybridized carbons (Fsp3) is 0.250. The minimum absolute atomic E-state index is 0.00446. The largest absolute Gasteiger partial charge is 0.496 e. The molecule has 0 amide bonds. The van der Waals surface area contributed by atoms with Crippen LogP contribution in [0.1, 0.15) is 38.9 Å². The highest BCUT2D eigenvalue weighted by Crippen LogP contribution is 2.53. The summed E-state index contributed by atoms with van der Waals surface area (Å²) in [6.07, 6.45) is 0.167. The Morgan fingerprint density at radius 1 is 1.08 bits per heavy atom. The Labute approximate surface area is 226 Å². The van der Waals surface area contributed by atoms with E-state index in [9.17, 15) is 19.2 Å². The van der Waals surface area contributed by atoms with Crippen LogP contribution in [0.25, 0.3) is 11.0 Å². The van der Waals surface area contributed by atoms with Crippen molar-refractivity contribution >= 4 is 34.2 Å². The Hall–Kier alpha value is -4.44. The summed E-state index contributed by atoms with van der Waals surface area (Å²) in [5.41, 5.74) is -1.77. The molecule has 0 fully saturated rings. The first-order valence-electron chi connectivity index (χ1n) is 12.1. The number of H-pyrrole nitrogens is 1. The number of hydrogen-bond acceptors (Lipinski definition) is 8. The van der Waals surface area contributed by atoms with Gasteiger partial charge in [-0.1, -0.05) is 48.9 Å². The van der Waals surface area contributed by atoms with Crippen molar-refractivity contribution < 1.29 is 23.8 Å². The SMILES string of the molecule is COc1cc(OC)c2c(c1Cl)OC1(C(=O)c3cc4c(=O)[nH]c(=O)n(Cc5ccccc5)c4nc3CC1C)C2=O. The average Bonchev–Trinajstić information content (AvgIpc) is 3.25. The number of benzene rings is 2. The van der Waals surface area contributed by atoms with Gasteiger partial charge in [0.1, 0.15) is 27.7 Å². The Kier molecular flexibility index (Phi) is 5.62. The van der Waals surface area contributed by atoms with E-state index in [0.29, 0.717) is 5.69 Å². The monoisotopic (exact) mass is 547 g/mol. The normalized spacial score (nSPS) is 19.6. The molecule has 2 aromatic heterocycles. The third kappa shape index (κ3) is 3.44. The number of nitrogens with one attached hydrogen (secondary N) is 1. The number of aromatic nitrogens is 3. The second-order valence-electron chi connectivity index (χ2n) is 9.59. The van der Waals surface area contributed by atoms with Crippen LogP contribution in [0.4, 0.5) is 0 Å². The van der Waals surface area contributed by atoms with Crippen molar-refractivity contribution in [2.75, 3.05) is 14.2 Å². The van der Waals surface area contributed by atoms with Crippen molar-refractivity contribution in [1.29, 1.82) is 0 Å². The number of methoxy groups -OCH3 is 2. The molecular weight excluding hydrogens is 526 g/mol. The molecule has 6 rings (SSSR count). The second-order valence-corrected chi connectivity index (χ2v) is 9.96. The van der Waals surface area contributed by atoms with Crippen LogP contribution in [0.3, 0.4) is 0 Å². The minimum Gasteiger partial charge on any atom is -0.496 e. The lowest BCUT2D eigenvalue weighted by Gasteiger charge is -2.36. The van der Waals surface area contributed by atoms with Crippen LogP contribution in [0, 0.1) is 5.92 Å². The number of carbonyl (C=O) groups is 2. The molecule has 1 N–H and O–H groups in total. The van der Waals surface area contributed by atoms with Crippen LogP contribution < -0.4 is 25.5 Å². The molecular formula is C28H22ClN3O7. The molecule has 2 unspecified atom stereocenters. The third-order valence-electron chi connectivity index (χ3n) is 7.42. The van der Waals surface area contributed by atoms with Gasteiger partial charge in [0.05, 0.1) is 31.8 Å². The van der Waals surface area contributed by atoms with E-state index in [1.165, 1.54) is 30.9 Å². The lowest BCUT2D eigenvalue weighted by atomic mass is 9.71. The fourth-order valence-corrected chi connectivity index (χ4v) is 5.70. The van der Waals surface area contributed by atoms with E-state index >= 15 is 0 Å². The summed E-state index contributed by atoms with van der Waals surface area (Å²) in [7, 11) is 2.80. The predicted molar refractivity (Wildman–Crippen MR) is 142 cm³/mol. The number of Topliss-reactive ketones (excluding diaryl/α,β-unsaturated/α-hetero) is 2. The highest BCUT2D eigenvalue weighted by atomic mass is 35.5. The molecule has 3 heterocycles. The van der Waals surface area contributed by atoms with Crippen molar-refractivity contribution in [1.82, 2.24) is 14.5 Å². The maximum Gasteiger partial charge on any atom is 0.330 e. The van der Waals surface area contributed by atoms with Gasteiger partial charge < -0.3 is 14.2 Å². The van der Waals surface area contributed by atoms with E-state index < -0.39 is 34.3 Å². The average molecular weight is 548 g/mol. The Morgan fingerprint density at radius 2 is 1.79 bits per heavy atom. The summed E-state index contributed by atoms with van der Waals surface area (Å²) in [6.45, 7) is 1.88. The molecule has 0 saturated heterocycles.